The summed E-state index contributed by atoms with van der Waals surface area (Å²) in [6, 6.07) is 0. The van der Waals surface area contributed by atoms with E-state index in [1.807, 2.05) is 0 Å². The second-order valence-corrected chi connectivity index (χ2v) is 2.06. The smallest absolute Gasteiger partial charge is 0 e. The zero-order valence-corrected chi connectivity index (χ0v) is 11.6. The molecule has 0 amide bonds. The monoisotopic (exact) mass is 315 g/mol. The second-order valence-electron chi connectivity index (χ2n) is 2.06. The Bertz CT molecular complexity index is 130. The molecule has 64 valence electrons. The maximum Gasteiger partial charge on any atom is 0 e. The van der Waals surface area contributed by atoms with Crippen molar-refractivity contribution in [3.63, 3.8) is 0 Å². The van der Waals surface area contributed by atoms with E-state index >= 15 is 0 Å². The molecule has 0 atom stereocenters. The fourth-order valence-corrected chi connectivity index (χ4v) is 0.891. The molecule has 0 aromatic heterocycles. The number of rotatable bonds is 2. The molecule has 0 heterocycles. The summed E-state index contributed by atoms with van der Waals surface area (Å²) in [5.41, 5.74) is 1.40. The standard InChI is InChI=1S/C8H11.2BrH.Ti/c1-2-5-8-6-3-4-7-8;;;/h3,6H,2,4-5H2,1H3;2*1H;/q-1;;;. The Morgan fingerprint density at radius 3 is 2.45 bits per heavy atom. The Morgan fingerprint density at radius 2 is 2.09 bits per heavy atom. The van der Waals surface area contributed by atoms with E-state index < -0.39 is 0 Å². The summed E-state index contributed by atoms with van der Waals surface area (Å²) in [5, 5.41) is 0. The van der Waals surface area contributed by atoms with Gasteiger partial charge in [0.25, 0.3) is 0 Å². The van der Waals surface area contributed by atoms with Gasteiger partial charge in [0.1, 0.15) is 0 Å². The SMILES string of the molecule is Br.Br.CCCC1=[C-]CC=C1.[Ti]. The van der Waals surface area contributed by atoms with Crippen molar-refractivity contribution in [2.75, 3.05) is 0 Å². The van der Waals surface area contributed by atoms with Crippen molar-refractivity contribution in [1.82, 2.24) is 0 Å². The molecule has 0 N–H and O–H groups in total. The summed E-state index contributed by atoms with van der Waals surface area (Å²) in [6.07, 6.45) is 11.1. The molecular formula is C8H13Br2Ti-. The maximum atomic E-state index is 3.26. The van der Waals surface area contributed by atoms with Gasteiger partial charge in [-0.05, 0) is 0 Å². The molecule has 0 unspecified atom stereocenters. The van der Waals surface area contributed by atoms with Crippen LogP contribution in [0.5, 0.6) is 0 Å². The Hall–Kier alpha value is 1.15. The van der Waals surface area contributed by atoms with Gasteiger partial charge in [0, 0.05) is 21.7 Å². The predicted octanol–water partition coefficient (Wildman–Crippen LogP) is 3.63. The van der Waals surface area contributed by atoms with Crippen LogP contribution in [0.25, 0.3) is 0 Å². The number of halogens is 2. The molecule has 0 saturated carbocycles. The largest absolute Gasteiger partial charge is 0.269 e. The third-order valence-corrected chi connectivity index (χ3v) is 1.29. The Balaban J connectivity index is -0.000000213. The van der Waals surface area contributed by atoms with Gasteiger partial charge in [-0.1, -0.05) is 19.8 Å². The maximum absolute atomic E-state index is 3.26. The molecule has 1 rings (SSSR count). The van der Waals surface area contributed by atoms with Gasteiger partial charge in [-0.2, -0.15) is 6.08 Å². The third kappa shape index (κ3) is 7.51. The topological polar surface area (TPSA) is 0 Å². The molecule has 1 aliphatic rings. The van der Waals surface area contributed by atoms with Crippen LogP contribution >= 0.6 is 34.0 Å². The fourth-order valence-electron chi connectivity index (χ4n) is 0.891. The van der Waals surface area contributed by atoms with E-state index in [0.717, 1.165) is 6.42 Å². The van der Waals surface area contributed by atoms with Crippen LogP contribution in [0.1, 0.15) is 26.2 Å². The van der Waals surface area contributed by atoms with E-state index in [1.54, 1.807) is 0 Å². The zero-order valence-electron chi connectivity index (χ0n) is 6.59. The molecule has 0 radical (unpaired) electrons. The Labute approximate surface area is 105 Å². The first-order chi connectivity index (χ1) is 3.93. The quantitative estimate of drug-likeness (QED) is 0.539. The molecule has 0 fully saturated rings. The molecular weight excluding hydrogens is 304 g/mol. The van der Waals surface area contributed by atoms with Crippen molar-refractivity contribution < 1.29 is 21.7 Å². The minimum absolute atomic E-state index is 0. The molecule has 0 saturated heterocycles. The van der Waals surface area contributed by atoms with E-state index in [4.69, 9.17) is 0 Å². The van der Waals surface area contributed by atoms with E-state index in [9.17, 15) is 0 Å². The van der Waals surface area contributed by atoms with E-state index in [-0.39, 0.29) is 55.7 Å². The Morgan fingerprint density at radius 1 is 1.45 bits per heavy atom. The normalized spacial score (nSPS) is 12.3. The molecule has 0 nitrogen and oxygen atoms in total. The molecule has 0 aliphatic heterocycles. The van der Waals surface area contributed by atoms with Crippen LogP contribution < -0.4 is 0 Å². The molecule has 11 heavy (non-hydrogen) atoms. The second kappa shape index (κ2) is 11.2. The summed E-state index contributed by atoms with van der Waals surface area (Å²) in [4.78, 5) is 0. The van der Waals surface area contributed by atoms with Crippen LogP contribution in [0.2, 0.25) is 0 Å². The van der Waals surface area contributed by atoms with Gasteiger partial charge < -0.3 is 0 Å². The van der Waals surface area contributed by atoms with Crippen LogP contribution in [0, 0.1) is 6.08 Å². The van der Waals surface area contributed by atoms with Crippen LogP contribution in [-0.4, -0.2) is 0 Å². The van der Waals surface area contributed by atoms with E-state index in [0.29, 0.717) is 0 Å². The summed E-state index contributed by atoms with van der Waals surface area (Å²) in [5.74, 6) is 0. The molecule has 0 aromatic carbocycles. The van der Waals surface area contributed by atoms with Crippen LogP contribution in [0.15, 0.2) is 17.7 Å². The minimum Gasteiger partial charge on any atom is -0.269 e. The summed E-state index contributed by atoms with van der Waals surface area (Å²) < 4.78 is 0. The predicted molar refractivity (Wildman–Crippen MR) is 56.1 cm³/mol. The van der Waals surface area contributed by atoms with Gasteiger partial charge in [-0.15, -0.1) is 40.4 Å². The van der Waals surface area contributed by atoms with Crippen molar-refractivity contribution in [2.24, 2.45) is 0 Å². The number of allylic oxidation sites excluding steroid dienone is 4. The number of hydrogen-bond donors (Lipinski definition) is 0. The average Bonchev–Trinajstić information content (AvgIpc) is 2.19. The zero-order chi connectivity index (χ0) is 5.82. The summed E-state index contributed by atoms with van der Waals surface area (Å²) in [6.45, 7) is 2.20. The first-order valence-electron chi connectivity index (χ1n) is 3.19. The van der Waals surface area contributed by atoms with Crippen molar-refractivity contribution in [3.05, 3.63) is 23.8 Å². The first-order valence-corrected chi connectivity index (χ1v) is 3.19. The van der Waals surface area contributed by atoms with Crippen molar-refractivity contribution >= 4 is 34.0 Å². The van der Waals surface area contributed by atoms with Gasteiger partial charge in [0.05, 0.1) is 0 Å². The van der Waals surface area contributed by atoms with Crippen LogP contribution in [0.4, 0.5) is 0 Å². The molecule has 0 aromatic rings. The molecule has 1 aliphatic carbocycles. The van der Waals surface area contributed by atoms with Crippen molar-refractivity contribution in [2.45, 2.75) is 26.2 Å². The average molecular weight is 317 g/mol. The van der Waals surface area contributed by atoms with E-state index in [2.05, 4.69) is 25.2 Å². The van der Waals surface area contributed by atoms with Gasteiger partial charge in [0.2, 0.25) is 0 Å². The van der Waals surface area contributed by atoms with Gasteiger partial charge in [0.15, 0.2) is 0 Å². The number of hydrogen-bond acceptors (Lipinski definition) is 0. The Kier molecular flexibility index (Phi) is 18.3. The van der Waals surface area contributed by atoms with Gasteiger partial charge >= 0.3 is 0 Å². The third-order valence-electron chi connectivity index (χ3n) is 1.29. The van der Waals surface area contributed by atoms with Gasteiger partial charge in [-0.3, -0.25) is 6.08 Å². The fraction of sp³-hybridized carbons (Fsp3) is 0.500. The first kappa shape index (κ1) is 18.0. The summed E-state index contributed by atoms with van der Waals surface area (Å²) in [7, 11) is 0. The van der Waals surface area contributed by atoms with Crippen LogP contribution in [-0.2, 0) is 21.7 Å². The van der Waals surface area contributed by atoms with E-state index in [1.165, 1.54) is 18.4 Å². The molecule has 0 spiro atoms. The van der Waals surface area contributed by atoms with Gasteiger partial charge in [-0.25, -0.2) is 11.6 Å². The van der Waals surface area contributed by atoms with Crippen molar-refractivity contribution in [1.29, 1.82) is 0 Å². The summed E-state index contributed by atoms with van der Waals surface area (Å²) >= 11 is 0. The minimum atomic E-state index is 0. The molecule has 0 bridgehead atoms. The molecule has 3 heteroatoms. The van der Waals surface area contributed by atoms with Crippen LogP contribution in [0.3, 0.4) is 0 Å². The van der Waals surface area contributed by atoms with Crippen molar-refractivity contribution in [3.8, 4) is 0 Å².